The van der Waals surface area contributed by atoms with Crippen LogP contribution in [0.1, 0.15) is 38.2 Å². The average Bonchev–Trinajstić information content (AvgIpc) is 2.49. The molecule has 1 heterocycles. The number of aliphatic hydroxyl groups is 1. The monoisotopic (exact) mass is 289 g/mol. The molecule has 2 fully saturated rings. The van der Waals surface area contributed by atoms with E-state index in [1.807, 2.05) is 0 Å². The van der Waals surface area contributed by atoms with E-state index in [1.165, 1.54) is 31.2 Å². The lowest BCUT2D eigenvalue weighted by atomic mass is 9.69. The maximum Gasteiger partial charge on any atom is 0.0579 e. The molecule has 0 atom stereocenters. The van der Waals surface area contributed by atoms with Crippen molar-refractivity contribution in [3.63, 3.8) is 0 Å². The minimum absolute atomic E-state index is 0.0137. The van der Waals surface area contributed by atoms with Gasteiger partial charge in [-0.2, -0.15) is 0 Å². The number of benzene rings is 1. The van der Waals surface area contributed by atoms with E-state index in [0.717, 1.165) is 6.54 Å². The average molecular weight is 289 g/mol. The van der Waals surface area contributed by atoms with Crippen LogP contribution in [0.25, 0.3) is 0 Å². The second kappa shape index (κ2) is 6.07. The first-order valence-corrected chi connectivity index (χ1v) is 8.13. The summed E-state index contributed by atoms with van der Waals surface area (Å²) in [6.07, 6.45) is 4.90. The van der Waals surface area contributed by atoms with Crippen LogP contribution < -0.4 is 5.32 Å². The third kappa shape index (κ3) is 3.15. The van der Waals surface area contributed by atoms with Crippen molar-refractivity contribution in [3.05, 3.63) is 35.9 Å². The molecule has 116 valence electrons. The highest BCUT2D eigenvalue weighted by atomic mass is 16.5. The van der Waals surface area contributed by atoms with Gasteiger partial charge in [-0.05, 0) is 36.7 Å². The summed E-state index contributed by atoms with van der Waals surface area (Å²) in [5, 5.41) is 13.1. The van der Waals surface area contributed by atoms with E-state index < -0.39 is 0 Å². The molecule has 0 aromatic heterocycles. The Bertz CT molecular complexity index is 442. The normalized spacial score (nSPS) is 31.6. The van der Waals surface area contributed by atoms with Gasteiger partial charge in [0, 0.05) is 12.6 Å². The molecule has 2 aliphatic rings. The fourth-order valence-corrected chi connectivity index (χ4v) is 3.59. The minimum Gasteiger partial charge on any atom is -0.396 e. The molecule has 0 bridgehead atoms. The Morgan fingerprint density at radius 1 is 1.19 bits per heavy atom. The van der Waals surface area contributed by atoms with E-state index in [0.29, 0.717) is 24.7 Å². The Morgan fingerprint density at radius 2 is 1.86 bits per heavy atom. The molecule has 0 unspecified atom stereocenters. The van der Waals surface area contributed by atoms with Gasteiger partial charge in [-0.15, -0.1) is 0 Å². The molecule has 1 aliphatic carbocycles. The lowest BCUT2D eigenvalue weighted by molar-refractivity contribution is -0.135. The number of ether oxygens (including phenoxy) is 1. The largest absolute Gasteiger partial charge is 0.396 e. The lowest BCUT2D eigenvalue weighted by Crippen LogP contribution is -2.54. The molecule has 1 saturated carbocycles. The molecule has 1 saturated heterocycles. The summed E-state index contributed by atoms with van der Waals surface area (Å²) < 4.78 is 5.26. The summed E-state index contributed by atoms with van der Waals surface area (Å²) >= 11 is 0. The SMILES string of the molecule is CC1(c2ccccc2)CCC(NCC2(CO)COC2)CC1. The van der Waals surface area contributed by atoms with Crippen molar-refractivity contribution in [3.8, 4) is 0 Å². The van der Waals surface area contributed by atoms with Gasteiger partial charge in [0.25, 0.3) is 0 Å². The number of hydrogen-bond donors (Lipinski definition) is 2. The Labute approximate surface area is 127 Å². The van der Waals surface area contributed by atoms with E-state index in [4.69, 9.17) is 4.74 Å². The highest BCUT2D eigenvalue weighted by Crippen LogP contribution is 2.39. The van der Waals surface area contributed by atoms with E-state index in [9.17, 15) is 5.11 Å². The van der Waals surface area contributed by atoms with Crippen LogP contribution in [0.15, 0.2) is 30.3 Å². The van der Waals surface area contributed by atoms with Crippen molar-refractivity contribution in [2.45, 2.75) is 44.1 Å². The smallest absolute Gasteiger partial charge is 0.0579 e. The first-order chi connectivity index (χ1) is 10.2. The highest BCUT2D eigenvalue weighted by molar-refractivity contribution is 5.25. The zero-order valence-electron chi connectivity index (χ0n) is 13.0. The molecule has 0 amide bonds. The topological polar surface area (TPSA) is 41.5 Å². The second-order valence-electron chi connectivity index (χ2n) is 7.23. The third-order valence-electron chi connectivity index (χ3n) is 5.48. The summed E-state index contributed by atoms with van der Waals surface area (Å²) in [5.74, 6) is 0. The first-order valence-electron chi connectivity index (χ1n) is 8.13. The molecule has 3 rings (SSSR count). The Balaban J connectivity index is 1.51. The van der Waals surface area contributed by atoms with Crippen molar-refractivity contribution in [2.75, 3.05) is 26.4 Å². The van der Waals surface area contributed by atoms with Gasteiger partial charge in [0.05, 0.1) is 25.2 Å². The summed E-state index contributed by atoms with van der Waals surface area (Å²) in [7, 11) is 0. The predicted molar refractivity (Wildman–Crippen MR) is 84.4 cm³/mol. The Kier molecular flexibility index (Phi) is 4.34. The van der Waals surface area contributed by atoms with Crippen molar-refractivity contribution in [1.82, 2.24) is 5.32 Å². The summed E-state index contributed by atoms with van der Waals surface area (Å²) in [6, 6.07) is 11.5. The molecule has 0 radical (unpaired) electrons. The summed E-state index contributed by atoms with van der Waals surface area (Å²) in [6.45, 7) is 4.91. The summed E-state index contributed by atoms with van der Waals surface area (Å²) in [4.78, 5) is 0. The number of rotatable bonds is 5. The van der Waals surface area contributed by atoms with Gasteiger partial charge in [0.1, 0.15) is 0 Å². The van der Waals surface area contributed by atoms with Crippen molar-refractivity contribution in [1.29, 1.82) is 0 Å². The van der Waals surface area contributed by atoms with Crippen LogP contribution in [0.3, 0.4) is 0 Å². The number of nitrogens with one attached hydrogen (secondary N) is 1. The van der Waals surface area contributed by atoms with Gasteiger partial charge >= 0.3 is 0 Å². The quantitative estimate of drug-likeness (QED) is 0.875. The molecule has 21 heavy (non-hydrogen) atoms. The molecule has 3 heteroatoms. The van der Waals surface area contributed by atoms with Crippen LogP contribution >= 0.6 is 0 Å². The molecule has 2 N–H and O–H groups in total. The number of hydrogen-bond acceptors (Lipinski definition) is 3. The van der Waals surface area contributed by atoms with E-state index in [1.54, 1.807) is 0 Å². The molecular formula is C18H27NO2. The molecule has 0 spiro atoms. The van der Waals surface area contributed by atoms with Gasteiger partial charge in [-0.1, -0.05) is 37.3 Å². The summed E-state index contributed by atoms with van der Waals surface area (Å²) in [5.41, 5.74) is 1.79. The molecule has 1 aromatic rings. The van der Waals surface area contributed by atoms with Gasteiger partial charge in [0.2, 0.25) is 0 Å². The first kappa shape index (κ1) is 15.0. The van der Waals surface area contributed by atoms with E-state index in [-0.39, 0.29) is 12.0 Å². The zero-order chi connectivity index (χ0) is 14.8. The maximum absolute atomic E-state index is 9.48. The Morgan fingerprint density at radius 3 is 2.38 bits per heavy atom. The van der Waals surface area contributed by atoms with Gasteiger partial charge in [-0.3, -0.25) is 0 Å². The highest BCUT2D eigenvalue weighted by Gasteiger charge is 2.39. The van der Waals surface area contributed by atoms with Crippen LogP contribution in [-0.4, -0.2) is 37.5 Å². The van der Waals surface area contributed by atoms with E-state index in [2.05, 4.69) is 42.6 Å². The molecule has 1 aliphatic heterocycles. The number of aliphatic hydroxyl groups excluding tert-OH is 1. The molecule has 1 aromatic carbocycles. The standard InChI is InChI=1S/C18H27NO2/c1-17(15-5-3-2-4-6-15)9-7-16(8-10-17)19-11-18(12-20)13-21-14-18/h2-6,16,19-20H,7-14H2,1H3. The van der Waals surface area contributed by atoms with Crippen molar-refractivity contribution >= 4 is 0 Å². The lowest BCUT2D eigenvalue weighted by Gasteiger charge is -2.43. The fourth-order valence-electron chi connectivity index (χ4n) is 3.59. The second-order valence-corrected chi connectivity index (χ2v) is 7.23. The van der Waals surface area contributed by atoms with Crippen LogP contribution in [0, 0.1) is 5.41 Å². The predicted octanol–water partition coefficient (Wildman–Crippen LogP) is 2.49. The van der Waals surface area contributed by atoms with Crippen LogP contribution in [0.2, 0.25) is 0 Å². The van der Waals surface area contributed by atoms with Crippen molar-refractivity contribution in [2.24, 2.45) is 5.41 Å². The van der Waals surface area contributed by atoms with Gasteiger partial charge in [0.15, 0.2) is 0 Å². The van der Waals surface area contributed by atoms with Gasteiger partial charge in [-0.25, -0.2) is 0 Å². The molecule has 3 nitrogen and oxygen atoms in total. The maximum atomic E-state index is 9.48. The molecular weight excluding hydrogens is 262 g/mol. The van der Waals surface area contributed by atoms with Crippen molar-refractivity contribution < 1.29 is 9.84 Å². The van der Waals surface area contributed by atoms with Crippen LogP contribution in [0.4, 0.5) is 0 Å². The van der Waals surface area contributed by atoms with Gasteiger partial charge < -0.3 is 15.2 Å². The zero-order valence-corrected chi connectivity index (χ0v) is 13.0. The Hall–Kier alpha value is -0.900. The fraction of sp³-hybridized carbons (Fsp3) is 0.667. The third-order valence-corrected chi connectivity index (χ3v) is 5.48. The minimum atomic E-state index is -0.0137. The van der Waals surface area contributed by atoms with Crippen LogP contribution in [0.5, 0.6) is 0 Å². The van der Waals surface area contributed by atoms with E-state index >= 15 is 0 Å². The van der Waals surface area contributed by atoms with Crippen LogP contribution in [-0.2, 0) is 10.2 Å².